The van der Waals surface area contributed by atoms with Crippen molar-refractivity contribution in [3.05, 3.63) is 0 Å². The molecule has 2 atom stereocenters. The first-order chi connectivity index (χ1) is 8.02. The van der Waals surface area contributed by atoms with Crippen LogP contribution in [0.25, 0.3) is 0 Å². The van der Waals surface area contributed by atoms with Crippen molar-refractivity contribution >= 4 is 12.1 Å². The topological polar surface area (TPSA) is 75.6 Å². The maximum atomic E-state index is 11.3. The van der Waals surface area contributed by atoms with Crippen LogP contribution in [0, 0.1) is 5.92 Å². The fourth-order valence-electron chi connectivity index (χ4n) is 1.37. The number of carbonyl (C=O) groups excluding carboxylic acids is 1. The molecule has 100 valence electrons. The SMILES string of the molecule is CCCCCOC(=O)NC(C(=O)O)C(C)CC. The highest BCUT2D eigenvalue weighted by Crippen LogP contribution is 2.08. The second-order valence-corrected chi connectivity index (χ2v) is 4.19. The van der Waals surface area contributed by atoms with Gasteiger partial charge in [-0.2, -0.15) is 0 Å². The van der Waals surface area contributed by atoms with Gasteiger partial charge in [0, 0.05) is 0 Å². The Balaban J connectivity index is 4.00. The molecule has 1 amide bonds. The number of aliphatic carboxylic acids is 1. The van der Waals surface area contributed by atoms with Crippen molar-refractivity contribution in [2.24, 2.45) is 5.92 Å². The van der Waals surface area contributed by atoms with Gasteiger partial charge in [0.15, 0.2) is 0 Å². The molecule has 2 N–H and O–H groups in total. The fraction of sp³-hybridized carbons (Fsp3) is 0.833. The Labute approximate surface area is 103 Å². The zero-order valence-corrected chi connectivity index (χ0v) is 10.9. The molecule has 0 aromatic heterocycles. The Bertz CT molecular complexity index is 243. The predicted octanol–water partition coefficient (Wildman–Crippen LogP) is 2.40. The van der Waals surface area contributed by atoms with Crippen LogP contribution in [0.3, 0.4) is 0 Å². The van der Waals surface area contributed by atoms with Gasteiger partial charge in [-0.05, 0) is 12.3 Å². The summed E-state index contributed by atoms with van der Waals surface area (Å²) < 4.78 is 4.91. The summed E-state index contributed by atoms with van der Waals surface area (Å²) in [4.78, 5) is 22.3. The molecule has 0 aromatic carbocycles. The van der Waals surface area contributed by atoms with Gasteiger partial charge in [0.2, 0.25) is 0 Å². The van der Waals surface area contributed by atoms with Crippen molar-refractivity contribution in [2.75, 3.05) is 6.61 Å². The number of unbranched alkanes of at least 4 members (excludes halogenated alkanes) is 2. The fourth-order valence-corrected chi connectivity index (χ4v) is 1.37. The zero-order valence-electron chi connectivity index (χ0n) is 10.9. The summed E-state index contributed by atoms with van der Waals surface area (Å²) in [7, 11) is 0. The lowest BCUT2D eigenvalue weighted by Crippen LogP contribution is -2.45. The first kappa shape index (κ1) is 15.7. The van der Waals surface area contributed by atoms with Crippen LogP contribution in [0.4, 0.5) is 4.79 Å². The Kier molecular flexibility index (Phi) is 8.19. The average Bonchev–Trinajstić information content (AvgIpc) is 2.30. The molecule has 0 radical (unpaired) electrons. The molecule has 5 heteroatoms. The third kappa shape index (κ3) is 6.81. The zero-order chi connectivity index (χ0) is 13.3. The van der Waals surface area contributed by atoms with E-state index < -0.39 is 18.1 Å². The minimum atomic E-state index is -1.02. The number of hydrogen-bond donors (Lipinski definition) is 2. The van der Waals surface area contributed by atoms with E-state index in [9.17, 15) is 9.59 Å². The molecule has 5 nitrogen and oxygen atoms in total. The average molecular weight is 245 g/mol. The first-order valence-electron chi connectivity index (χ1n) is 6.19. The van der Waals surface area contributed by atoms with Gasteiger partial charge in [-0.15, -0.1) is 0 Å². The first-order valence-corrected chi connectivity index (χ1v) is 6.19. The quantitative estimate of drug-likeness (QED) is 0.644. The minimum absolute atomic E-state index is 0.115. The van der Waals surface area contributed by atoms with Gasteiger partial charge in [0.1, 0.15) is 6.04 Å². The van der Waals surface area contributed by atoms with E-state index in [-0.39, 0.29) is 5.92 Å². The lowest BCUT2D eigenvalue weighted by molar-refractivity contribution is -0.140. The van der Waals surface area contributed by atoms with Crippen molar-refractivity contribution in [3.8, 4) is 0 Å². The van der Waals surface area contributed by atoms with Crippen LogP contribution in [-0.2, 0) is 9.53 Å². The number of rotatable bonds is 8. The monoisotopic (exact) mass is 245 g/mol. The molecule has 0 aromatic rings. The number of carbonyl (C=O) groups is 2. The maximum absolute atomic E-state index is 11.3. The maximum Gasteiger partial charge on any atom is 0.407 e. The number of carboxylic acids is 1. The second kappa shape index (κ2) is 8.84. The molecule has 0 fully saturated rings. The van der Waals surface area contributed by atoms with Gasteiger partial charge in [0.05, 0.1) is 6.61 Å². The molecule has 17 heavy (non-hydrogen) atoms. The van der Waals surface area contributed by atoms with Crippen LogP contribution in [0.2, 0.25) is 0 Å². The molecule has 0 saturated heterocycles. The van der Waals surface area contributed by atoms with Gasteiger partial charge in [0.25, 0.3) is 0 Å². The summed E-state index contributed by atoms with van der Waals surface area (Å²) in [5.41, 5.74) is 0. The lowest BCUT2D eigenvalue weighted by Gasteiger charge is -2.19. The second-order valence-electron chi connectivity index (χ2n) is 4.19. The van der Waals surface area contributed by atoms with Gasteiger partial charge in [-0.25, -0.2) is 9.59 Å². The number of hydrogen-bond acceptors (Lipinski definition) is 3. The van der Waals surface area contributed by atoms with Gasteiger partial charge < -0.3 is 15.2 Å². The third-order valence-corrected chi connectivity index (χ3v) is 2.73. The normalized spacial score (nSPS) is 13.8. The van der Waals surface area contributed by atoms with Gasteiger partial charge in [-0.1, -0.05) is 40.0 Å². The minimum Gasteiger partial charge on any atom is -0.480 e. The predicted molar refractivity (Wildman–Crippen MR) is 64.9 cm³/mol. The van der Waals surface area contributed by atoms with Crippen molar-refractivity contribution in [1.29, 1.82) is 0 Å². The highest BCUT2D eigenvalue weighted by Gasteiger charge is 2.25. The molecule has 0 aliphatic rings. The molecule has 0 aliphatic carbocycles. The van der Waals surface area contributed by atoms with Gasteiger partial charge >= 0.3 is 12.1 Å². The highest BCUT2D eigenvalue weighted by atomic mass is 16.5. The summed E-state index contributed by atoms with van der Waals surface area (Å²) in [6.07, 6.45) is 2.91. The summed E-state index contributed by atoms with van der Waals surface area (Å²) in [6, 6.07) is -0.876. The summed E-state index contributed by atoms with van der Waals surface area (Å²) in [6.45, 7) is 6.07. The third-order valence-electron chi connectivity index (χ3n) is 2.73. The number of ether oxygens (including phenoxy) is 1. The van der Waals surface area contributed by atoms with E-state index in [1.54, 1.807) is 6.92 Å². The van der Waals surface area contributed by atoms with E-state index in [0.717, 1.165) is 19.3 Å². The number of amides is 1. The van der Waals surface area contributed by atoms with Crippen LogP contribution >= 0.6 is 0 Å². The van der Waals surface area contributed by atoms with Crippen molar-refractivity contribution in [2.45, 2.75) is 52.5 Å². The van der Waals surface area contributed by atoms with E-state index in [0.29, 0.717) is 13.0 Å². The van der Waals surface area contributed by atoms with Gasteiger partial charge in [-0.3, -0.25) is 0 Å². The van der Waals surface area contributed by atoms with E-state index in [4.69, 9.17) is 9.84 Å². The van der Waals surface area contributed by atoms with Crippen LogP contribution in [-0.4, -0.2) is 29.8 Å². The largest absolute Gasteiger partial charge is 0.480 e. The van der Waals surface area contributed by atoms with Crippen molar-refractivity contribution in [1.82, 2.24) is 5.32 Å². The summed E-state index contributed by atoms with van der Waals surface area (Å²) in [5, 5.41) is 11.3. The summed E-state index contributed by atoms with van der Waals surface area (Å²) in [5.74, 6) is -1.14. The lowest BCUT2D eigenvalue weighted by atomic mass is 10.00. The molecule has 0 heterocycles. The molecule has 2 unspecified atom stereocenters. The Morgan fingerprint density at radius 1 is 1.29 bits per heavy atom. The Morgan fingerprint density at radius 3 is 2.41 bits per heavy atom. The molecule has 0 aliphatic heterocycles. The molecule has 0 bridgehead atoms. The van der Waals surface area contributed by atoms with Crippen LogP contribution in [0.15, 0.2) is 0 Å². The van der Waals surface area contributed by atoms with Crippen molar-refractivity contribution in [3.63, 3.8) is 0 Å². The molecule has 0 rings (SSSR count). The molecular weight excluding hydrogens is 222 g/mol. The van der Waals surface area contributed by atoms with Crippen LogP contribution < -0.4 is 5.32 Å². The van der Waals surface area contributed by atoms with Crippen LogP contribution in [0.1, 0.15) is 46.5 Å². The Hall–Kier alpha value is -1.26. The number of carboxylic acid groups (broad SMARTS) is 1. The smallest absolute Gasteiger partial charge is 0.407 e. The molecule has 0 spiro atoms. The van der Waals surface area contributed by atoms with E-state index in [1.165, 1.54) is 0 Å². The molecular formula is C12H23NO4. The van der Waals surface area contributed by atoms with E-state index in [2.05, 4.69) is 12.2 Å². The highest BCUT2D eigenvalue weighted by molar-refractivity contribution is 5.80. The Morgan fingerprint density at radius 2 is 1.94 bits per heavy atom. The number of alkyl carbamates (subject to hydrolysis) is 1. The van der Waals surface area contributed by atoms with E-state index in [1.807, 2.05) is 6.92 Å². The van der Waals surface area contributed by atoms with Crippen molar-refractivity contribution < 1.29 is 19.4 Å². The number of nitrogens with one attached hydrogen (secondary N) is 1. The summed E-state index contributed by atoms with van der Waals surface area (Å²) >= 11 is 0. The standard InChI is InChI=1S/C12H23NO4/c1-4-6-7-8-17-12(16)13-10(11(14)15)9(3)5-2/h9-10H,4-8H2,1-3H3,(H,13,16)(H,14,15). The van der Waals surface area contributed by atoms with Crippen LogP contribution in [0.5, 0.6) is 0 Å². The molecule has 0 saturated carbocycles. The van der Waals surface area contributed by atoms with E-state index >= 15 is 0 Å².